The first-order valence-corrected chi connectivity index (χ1v) is 14.3. The molecule has 0 aliphatic carbocycles. The minimum atomic E-state index is -0.956. The highest BCUT2D eigenvalue weighted by Crippen LogP contribution is 2.39. The highest BCUT2D eigenvalue weighted by atomic mass is 15.5. The number of hydrogen-bond acceptors (Lipinski definition) is 7. The molecule has 0 spiro atoms. The summed E-state index contributed by atoms with van der Waals surface area (Å²) >= 11 is 0. The summed E-state index contributed by atoms with van der Waals surface area (Å²) in [5.74, 6) is 0. The first-order valence-electron chi connectivity index (χ1n) is 14.3. The molecule has 0 amide bonds. The topological polar surface area (TPSA) is 95.4 Å². The molecule has 0 radical (unpaired) electrons. The van der Waals surface area contributed by atoms with E-state index in [9.17, 15) is 0 Å². The molecule has 0 saturated heterocycles. The van der Waals surface area contributed by atoms with Crippen molar-refractivity contribution in [3.63, 3.8) is 0 Å². The molecule has 0 fully saturated rings. The molecule has 10 heteroatoms. The molecule has 10 nitrogen and oxygen atoms in total. The lowest BCUT2D eigenvalue weighted by Crippen LogP contribution is -2.49. The van der Waals surface area contributed by atoms with E-state index >= 15 is 0 Å². The lowest BCUT2D eigenvalue weighted by molar-refractivity contribution is 0.162. The molecule has 212 valence electrons. The van der Waals surface area contributed by atoms with Gasteiger partial charge in [0.15, 0.2) is 5.54 Å². The Hall–Kier alpha value is -4.96. The summed E-state index contributed by atoms with van der Waals surface area (Å²) in [4.78, 5) is 2.30. The van der Waals surface area contributed by atoms with Gasteiger partial charge in [0.1, 0.15) is 17.1 Å². The number of hydrogen-bond donors (Lipinski definition) is 0. The average molecular weight is 559 g/mol. The summed E-state index contributed by atoms with van der Waals surface area (Å²) in [6, 6.07) is 30.7. The summed E-state index contributed by atoms with van der Waals surface area (Å²) in [7, 11) is 0. The van der Waals surface area contributed by atoms with Crippen LogP contribution in [0.4, 0.5) is 0 Å². The third kappa shape index (κ3) is 5.48. The van der Waals surface area contributed by atoms with Crippen LogP contribution in [-0.4, -0.2) is 63.0 Å². The number of nitrogens with zero attached hydrogens (tertiary/aromatic N) is 10. The lowest BCUT2D eigenvalue weighted by atomic mass is 9.86. The van der Waals surface area contributed by atoms with Gasteiger partial charge in [0.2, 0.25) is 0 Å². The monoisotopic (exact) mass is 558 g/mol. The summed E-state index contributed by atoms with van der Waals surface area (Å²) in [6.45, 7) is 7.51. The molecule has 0 atom stereocenters. The SMILES string of the molecule is CCN(CC)C(c1cn(Cc2ccccc2)nn1)(c1cn(Cc2ccccc2)nn1)c1cn(Cc2ccccc2)nn1. The van der Waals surface area contributed by atoms with Gasteiger partial charge in [-0.1, -0.05) is 120 Å². The van der Waals surface area contributed by atoms with Gasteiger partial charge in [0.25, 0.3) is 0 Å². The maximum atomic E-state index is 4.76. The van der Waals surface area contributed by atoms with Crippen molar-refractivity contribution in [3.05, 3.63) is 143 Å². The molecule has 0 aliphatic heterocycles. The van der Waals surface area contributed by atoms with Gasteiger partial charge in [-0.3, -0.25) is 4.90 Å². The van der Waals surface area contributed by atoms with Crippen LogP contribution >= 0.6 is 0 Å². The van der Waals surface area contributed by atoms with Crippen molar-refractivity contribution in [3.8, 4) is 0 Å². The van der Waals surface area contributed by atoms with Gasteiger partial charge in [-0.2, -0.15) is 0 Å². The average Bonchev–Trinajstić information content (AvgIpc) is 3.80. The molecule has 3 aromatic carbocycles. The van der Waals surface area contributed by atoms with Gasteiger partial charge < -0.3 is 0 Å². The standard InChI is InChI=1S/C32H34N10/c1-3-39(4-2)32(29-23-40(36-33-29)20-26-14-8-5-9-15-26,30-24-41(37-34-30)21-27-16-10-6-11-17-27)31-25-42(38-35-31)22-28-18-12-7-13-19-28/h5-19,23-25H,3-4,20-22H2,1-2H3. The third-order valence-corrected chi connectivity index (χ3v) is 7.53. The normalized spacial score (nSPS) is 11.8. The second kappa shape index (κ2) is 12.3. The van der Waals surface area contributed by atoms with Crippen LogP contribution in [0.5, 0.6) is 0 Å². The summed E-state index contributed by atoms with van der Waals surface area (Å²) < 4.78 is 5.60. The number of rotatable bonds is 12. The van der Waals surface area contributed by atoms with E-state index in [4.69, 9.17) is 15.3 Å². The minimum absolute atomic E-state index is 0.601. The Morgan fingerprint density at radius 1 is 0.500 bits per heavy atom. The van der Waals surface area contributed by atoms with E-state index in [1.165, 1.54) is 0 Å². The Kier molecular flexibility index (Phi) is 7.96. The Morgan fingerprint density at radius 2 is 0.810 bits per heavy atom. The van der Waals surface area contributed by atoms with Gasteiger partial charge in [-0.25, -0.2) is 14.0 Å². The van der Waals surface area contributed by atoms with Crippen LogP contribution in [0.15, 0.2) is 110 Å². The van der Waals surface area contributed by atoms with Crippen molar-refractivity contribution in [2.75, 3.05) is 13.1 Å². The summed E-state index contributed by atoms with van der Waals surface area (Å²) in [5, 5.41) is 28.0. The first-order chi connectivity index (χ1) is 20.7. The molecular weight excluding hydrogens is 524 g/mol. The fourth-order valence-corrected chi connectivity index (χ4v) is 5.51. The molecule has 3 heterocycles. The van der Waals surface area contributed by atoms with Crippen LogP contribution in [0.3, 0.4) is 0 Å². The van der Waals surface area contributed by atoms with E-state index < -0.39 is 5.54 Å². The molecule has 0 bridgehead atoms. The Labute approximate surface area is 245 Å². The molecule has 0 unspecified atom stereocenters. The van der Waals surface area contributed by atoms with Crippen molar-refractivity contribution < 1.29 is 0 Å². The van der Waals surface area contributed by atoms with E-state index in [2.05, 4.69) is 70.8 Å². The van der Waals surface area contributed by atoms with E-state index in [1.54, 1.807) is 0 Å². The van der Waals surface area contributed by atoms with E-state index in [0.717, 1.165) is 46.9 Å². The predicted octanol–water partition coefficient (Wildman–Crippen LogP) is 4.24. The zero-order valence-electron chi connectivity index (χ0n) is 23.9. The molecular formula is C32H34N10. The van der Waals surface area contributed by atoms with E-state index in [0.29, 0.717) is 19.6 Å². The highest BCUT2D eigenvalue weighted by molar-refractivity contribution is 5.39. The maximum absolute atomic E-state index is 4.76. The molecule has 6 rings (SSSR count). The Morgan fingerprint density at radius 3 is 1.10 bits per heavy atom. The Balaban J connectivity index is 1.46. The van der Waals surface area contributed by atoms with E-state index in [1.807, 2.05) is 87.2 Å². The van der Waals surface area contributed by atoms with Gasteiger partial charge in [-0.15, -0.1) is 15.3 Å². The van der Waals surface area contributed by atoms with Gasteiger partial charge >= 0.3 is 0 Å². The highest BCUT2D eigenvalue weighted by Gasteiger charge is 2.48. The van der Waals surface area contributed by atoms with Crippen LogP contribution in [0.1, 0.15) is 47.6 Å². The van der Waals surface area contributed by atoms with Crippen molar-refractivity contribution in [2.24, 2.45) is 0 Å². The molecule has 0 N–H and O–H groups in total. The molecule has 0 saturated carbocycles. The summed E-state index contributed by atoms with van der Waals surface area (Å²) in [5.41, 5.74) is 4.64. The number of aromatic nitrogens is 9. The minimum Gasteiger partial charge on any atom is -0.282 e. The van der Waals surface area contributed by atoms with Crippen molar-refractivity contribution in [1.82, 2.24) is 49.9 Å². The van der Waals surface area contributed by atoms with Crippen molar-refractivity contribution >= 4 is 0 Å². The zero-order valence-corrected chi connectivity index (χ0v) is 23.9. The van der Waals surface area contributed by atoms with Crippen LogP contribution in [-0.2, 0) is 25.2 Å². The lowest BCUT2D eigenvalue weighted by Gasteiger charge is -2.38. The molecule has 0 aliphatic rings. The van der Waals surface area contributed by atoms with Gasteiger partial charge in [0.05, 0.1) is 38.2 Å². The van der Waals surface area contributed by atoms with Crippen LogP contribution in [0.25, 0.3) is 0 Å². The maximum Gasteiger partial charge on any atom is 0.159 e. The number of benzene rings is 3. The first kappa shape index (κ1) is 27.2. The van der Waals surface area contributed by atoms with Gasteiger partial charge in [0, 0.05) is 0 Å². The molecule has 6 aromatic rings. The van der Waals surface area contributed by atoms with E-state index in [-0.39, 0.29) is 0 Å². The van der Waals surface area contributed by atoms with Crippen LogP contribution in [0, 0.1) is 0 Å². The van der Waals surface area contributed by atoms with Crippen molar-refractivity contribution in [2.45, 2.75) is 39.0 Å². The largest absolute Gasteiger partial charge is 0.282 e. The fourth-order valence-electron chi connectivity index (χ4n) is 5.51. The Bertz CT molecular complexity index is 1490. The quantitative estimate of drug-likeness (QED) is 0.222. The third-order valence-electron chi connectivity index (χ3n) is 7.53. The summed E-state index contributed by atoms with van der Waals surface area (Å²) in [6.07, 6.45) is 5.99. The van der Waals surface area contributed by atoms with Crippen LogP contribution in [0.2, 0.25) is 0 Å². The molecule has 42 heavy (non-hydrogen) atoms. The fraction of sp³-hybridized carbons (Fsp3) is 0.250. The molecule has 3 aromatic heterocycles. The second-order valence-electron chi connectivity index (χ2n) is 10.2. The van der Waals surface area contributed by atoms with Crippen LogP contribution < -0.4 is 0 Å². The second-order valence-corrected chi connectivity index (χ2v) is 10.2. The van der Waals surface area contributed by atoms with Gasteiger partial charge in [-0.05, 0) is 29.8 Å². The van der Waals surface area contributed by atoms with Crippen molar-refractivity contribution in [1.29, 1.82) is 0 Å². The predicted molar refractivity (Wildman–Crippen MR) is 160 cm³/mol. The zero-order chi connectivity index (χ0) is 28.8. The smallest absolute Gasteiger partial charge is 0.159 e.